The fourth-order valence-corrected chi connectivity index (χ4v) is 9.45. The molecule has 30 heavy (non-hydrogen) atoms. The summed E-state index contributed by atoms with van der Waals surface area (Å²) < 4.78 is 0. The smallest absolute Gasteiger partial charge is 0.0436 e. The van der Waals surface area contributed by atoms with Crippen LogP contribution in [0.4, 0.5) is 0 Å². The van der Waals surface area contributed by atoms with Crippen LogP contribution in [-0.4, -0.2) is 11.7 Å². The van der Waals surface area contributed by atoms with Gasteiger partial charge in [0.15, 0.2) is 0 Å². The average molecular weight is 415 g/mol. The second-order valence-electron chi connectivity index (χ2n) is 12.8. The van der Waals surface area contributed by atoms with E-state index in [-0.39, 0.29) is 0 Å². The molecular weight excluding hydrogens is 364 g/mol. The minimum Gasteiger partial charge on any atom is -0.396 e. The first-order valence-electron chi connectivity index (χ1n) is 13.6. The van der Waals surface area contributed by atoms with E-state index in [1.807, 2.05) is 0 Å². The molecule has 0 aromatic carbocycles. The highest BCUT2D eigenvalue weighted by Crippen LogP contribution is 2.68. The quantitative estimate of drug-likeness (QED) is 0.438. The van der Waals surface area contributed by atoms with E-state index in [9.17, 15) is 5.11 Å². The normalized spacial score (nSPS) is 45.8. The van der Waals surface area contributed by atoms with Gasteiger partial charge in [0.2, 0.25) is 0 Å². The molecular formula is C29H50O. The van der Waals surface area contributed by atoms with Crippen molar-refractivity contribution in [3.63, 3.8) is 0 Å². The lowest BCUT2D eigenvalue weighted by molar-refractivity contribution is -0.112. The van der Waals surface area contributed by atoms with E-state index < -0.39 is 0 Å². The molecule has 0 aromatic rings. The summed E-state index contributed by atoms with van der Waals surface area (Å²) in [6.45, 7) is 12.8. The van der Waals surface area contributed by atoms with Gasteiger partial charge in [-0.25, -0.2) is 0 Å². The standard InChI is InChI=1S/C29H50O/c1-20(2)22(16-19-30)10-9-21(3)25-13-14-26-24-12-11-23-8-6-7-17-28(23,4)27(24)15-18-29(25,26)5/h9-10,20-27,30H,6-8,11-19H2,1-5H3/t21-,22+,23?,24+,25-,26+,27+,28+,29-/m1/s1. The molecule has 0 spiro atoms. The van der Waals surface area contributed by atoms with Crippen molar-refractivity contribution >= 4 is 0 Å². The number of aliphatic hydroxyl groups excluding tert-OH is 1. The molecule has 0 amide bonds. The Bertz CT molecular complexity index is 607. The Kier molecular flexibility index (Phi) is 6.80. The average Bonchev–Trinajstić information content (AvgIpc) is 3.07. The van der Waals surface area contributed by atoms with Gasteiger partial charge in [0, 0.05) is 6.61 Å². The molecule has 4 saturated carbocycles. The van der Waals surface area contributed by atoms with Crippen molar-refractivity contribution in [3.8, 4) is 0 Å². The number of hydrogen-bond donors (Lipinski definition) is 1. The molecule has 1 unspecified atom stereocenters. The number of allylic oxidation sites excluding steroid dienone is 2. The third-order valence-electron chi connectivity index (χ3n) is 11.3. The molecule has 0 radical (unpaired) electrons. The molecule has 4 fully saturated rings. The first kappa shape index (κ1) is 22.9. The first-order chi connectivity index (χ1) is 14.3. The Morgan fingerprint density at radius 1 is 0.833 bits per heavy atom. The minimum absolute atomic E-state index is 0.313. The molecule has 4 aliphatic carbocycles. The van der Waals surface area contributed by atoms with Crippen LogP contribution in [0.3, 0.4) is 0 Å². The molecule has 0 saturated heterocycles. The predicted molar refractivity (Wildman–Crippen MR) is 128 cm³/mol. The highest BCUT2D eigenvalue weighted by atomic mass is 16.3. The lowest BCUT2D eigenvalue weighted by Gasteiger charge is -2.60. The lowest BCUT2D eigenvalue weighted by atomic mass is 9.44. The van der Waals surface area contributed by atoms with Gasteiger partial charge in [0.1, 0.15) is 0 Å². The van der Waals surface area contributed by atoms with Crippen molar-refractivity contribution in [3.05, 3.63) is 12.2 Å². The predicted octanol–water partition coefficient (Wildman–Crippen LogP) is 7.88. The van der Waals surface area contributed by atoms with Gasteiger partial charge in [0.25, 0.3) is 0 Å². The van der Waals surface area contributed by atoms with Gasteiger partial charge in [-0.1, -0.05) is 59.6 Å². The molecule has 4 rings (SSSR count). The minimum atomic E-state index is 0.313. The zero-order valence-electron chi connectivity index (χ0n) is 20.7. The Hall–Kier alpha value is -0.300. The second-order valence-corrected chi connectivity index (χ2v) is 12.8. The number of fused-ring (bicyclic) bond motifs is 5. The third-order valence-corrected chi connectivity index (χ3v) is 11.3. The maximum absolute atomic E-state index is 9.44. The zero-order chi connectivity index (χ0) is 21.5. The fraction of sp³-hybridized carbons (Fsp3) is 0.931. The number of hydrogen-bond acceptors (Lipinski definition) is 1. The van der Waals surface area contributed by atoms with Gasteiger partial charge in [-0.3, -0.25) is 0 Å². The molecule has 1 N–H and O–H groups in total. The lowest BCUT2D eigenvalue weighted by Crippen LogP contribution is -2.53. The highest BCUT2D eigenvalue weighted by Gasteiger charge is 2.59. The van der Waals surface area contributed by atoms with Crippen LogP contribution in [0.2, 0.25) is 0 Å². The van der Waals surface area contributed by atoms with E-state index in [2.05, 4.69) is 46.8 Å². The molecule has 172 valence electrons. The van der Waals surface area contributed by atoms with Gasteiger partial charge in [-0.05, 0) is 116 Å². The van der Waals surface area contributed by atoms with Crippen LogP contribution < -0.4 is 0 Å². The largest absolute Gasteiger partial charge is 0.396 e. The summed E-state index contributed by atoms with van der Waals surface area (Å²) in [5.41, 5.74) is 1.23. The molecule has 1 heteroatoms. The maximum Gasteiger partial charge on any atom is 0.0436 e. The first-order valence-corrected chi connectivity index (χ1v) is 13.6. The van der Waals surface area contributed by atoms with Gasteiger partial charge in [0.05, 0.1) is 0 Å². The van der Waals surface area contributed by atoms with E-state index in [0.29, 0.717) is 35.2 Å². The van der Waals surface area contributed by atoms with Crippen LogP contribution in [-0.2, 0) is 0 Å². The van der Waals surface area contributed by atoms with Crippen molar-refractivity contribution in [2.24, 2.45) is 58.2 Å². The van der Waals surface area contributed by atoms with E-state index >= 15 is 0 Å². The Morgan fingerprint density at radius 3 is 2.33 bits per heavy atom. The summed E-state index contributed by atoms with van der Waals surface area (Å²) in [5, 5.41) is 9.44. The monoisotopic (exact) mass is 414 g/mol. The van der Waals surface area contributed by atoms with Gasteiger partial charge in [-0.15, -0.1) is 0 Å². The Balaban J connectivity index is 1.48. The molecule has 0 bridgehead atoms. The molecule has 4 aliphatic rings. The van der Waals surface area contributed by atoms with Gasteiger partial charge in [-0.2, -0.15) is 0 Å². The van der Waals surface area contributed by atoms with Crippen molar-refractivity contribution < 1.29 is 5.11 Å². The Labute approximate surface area is 187 Å². The van der Waals surface area contributed by atoms with Crippen LogP contribution in [0.15, 0.2) is 12.2 Å². The van der Waals surface area contributed by atoms with Crippen LogP contribution >= 0.6 is 0 Å². The molecule has 0 aliphatic heterocycles. The summed E-state index contributed by atoms with van der Waals surface area (Å²) >= 11 is 0. The number of rotatable bonds is 6. The second kappa shape index (κ2) is 8.92. The molecule has 1 nitrogen and oxygen atoms in total. The van der Waals surface area contributed by atoms with Gasteiger partial charge >= 0.3 is 0 Å². The summed E-state index contributed by atoms with van der Waals surface area (Å²) in [4.78, 5) is 0. The summed E-state index contributed by atoms with van der Waals surface area (Å²) in [6, 6.07) is 0. The topological polar surface area (TPSA) is 20.2 Å². The van der Waals surface area contributed by atoms with Crippen LogP contribution in [0, 0.1) is 58.2 Å². The maximum atomic E-state index is 9.44. The molecule has 0 heterocycles. The molecule has 9 atom stereocenters. The van der Waals surface area contributed by atoms with Crippen molar-refractivity contribution in [2.45, 2.75) is 105 Å². The van der Waals surface area contributed by atoms with Crippen molar-refractivity contribution in [1.82, 2.24) is 0 Å². The van der Waals surface area contributed by atoms with E-state index in [1.54, 1.807) is 0 Å². The SMILES string of the molecule is CC(C)[C@@H](C=C[C@@H](C)[C@H]1CC[C@H]2[C@@H]3CCC4CCCC[C@]4(C)[C@H]3CC[C@]12C)CCO. The van der Waals surface area contributed by atoms with Crippen molar-refractivity contribution in [2.75, 3.05) is 6.61 Å². The van der Waals surface area contributed by atoms with E-state index in [4.69, 9.17) is 0 Å². The van der Waals surface area contributed by atoms with Crippen molar-refractivity contribution in [1.29, 1.82) is 0 Å². The summed E-state index contributed by atoms with van der Waals surface area (Å²) in [7, 11) is 0. The summed E-state index contributed by atoms with van der Waals surface area (Å²) in [6.07, 6.45) is 20.9. The van der Waals surface area contributed by atoms with Crippen LogP contribution in [0.5, 0.6) is 0 Å². The van der Waals surface area contributed by atoms with E-state index in [0.717, 1.165) is 36.0 Å². The highest BCUT2D eigenvalue weighted by molar-refractivity contribution is 5.11. The van der Waals surface area contributed by atoms with E-state index in [1.165, 1.54) is 64.2 Å². The molecule has 0 aromatic heterocycles. The fourth-order valence-electron chi connectivity index (χ4n) is 9.45. The summed E-state index contributed by atoms with van der Waals surface area (Å²) in [5.74, 6) is 6.74. The van der Waals surface area contributed by atoms with Gasteiger partial charge < -0.3 is 5.11 Å². The third kappa shape index (κ3) is 3.84. The Morgan fingerprint density at radius 2 is 1.60 bits per heavy atom. The van der Waals surface area contributed by atoms with Crippen LogP contribution in [0.25, 0.3) is 0 Å². The van der Waals surface area contributed by atoms with Crippen LogP contribution in [0.1, 0.15) is 105 Å². The number of aliphatic hydroxyl groups is 1. The zero-order valence-corrected chi connectivity index (χ0v) is 20.7.